The molecule has 1 aliphatic rings. The first-order chi connectivity index (χ1) is 9.54. The summed E-state index contributed by atoms with van der Waals surface area (Å²) in [6, 6.07) is 4.64. The number of carbonyl (C=O) groups excluding carboxylic acids is 1. The second-order valence-electron chi connectivity index (χ2n) is 5.36. The average Bonchev–Trinajstić information content (AvgIpc) is 2.45. The largest absolute Gasteiger partial charge is 0.370 e. The molecule has 1 aromatic rings. The van der Waals surface area contributed by atoms with E-state index in [1.807, 2.05) is 6.07 Å². The van der Waals surface area contributed by atoms with E-state index in [2.05, 4.69) is 10.2 Å². The van der Waals surface area contributed by atoms with Gasteiger partial charge < -0.3 is 16.0 Å². The van der Waals surface area contributed by atoms with Gasteiger partial charge in [-0.25, -0.2) is 4.39 Å². The number of rotatable bonds is 3. The topological polar surface area (TPSA) is 58.4 Å². The number of carbonyl (C=O) groups is 1. The Hall–Kier alpha value is -1.62. The van der Waals surface area contributed by atoms with E-state index in [9.17, 15) is 9.18 Å². The molecule has 2 atom stereocenters. The van der Waals surface area contributed by atoms with Gasteiger partial charge in [0, 0.05) is 37.4 Å². The molecule has 3 N–H and O–H groups in total. The zero-order chi connectivity index (χ0) is 14.7. The molecule has 4 nitrogen and oxygen atoms in total. The summed E-state index contributed by atoms with van der Waals surface area (Å²) < 4.78 is 14.0. The van der Waals surface area contributed by atoms with Crippen LogP contribution in [0.3, 0.4) is 0 Å². The Kier molecular flexibility index (Phi) is 4.60. The Morgan fingerprint density at radius 3 is 2.95 bits per heavy atom. The van der Waals surface area contributed by atoms with Crippen LogP contribution in [-0.2, 0) is 4.79 Å². The van der Waals surface area contributed by atoms with Crippen LogP contribution in [-0.4, -0.2) is 26.0 Å². The van der Waals surface area contributed by atoms with Crippen LogP contribution in [0.4, 0.5) is 10.1 Å². The first kappa shape index (κ1) is 14.8. The van der Waals surface area contributed by atoms with Crippen molar-refractivity contribution in [2.45, 2.75) is 25.8 Å². The van der Waals surface area contributed by atoms with Crippen LogP contribution in [0.5, 0.6) is 0 Å². The Morgan fingerprint density at radius 1 is 1.55 bits per heavy atom. The third-order valence-corrected chi connectivity index (χ3v) is 3.86. The van der Waals surface area contributed by atoms with Crippen molar-refractivity contribution in [1.29, 1.82) is 0 Å². The van der Waals surface area contributed by atoms with Gasteiger partial charge in [-0.15, -0.1) is 0 Å². The van der Waals surface area contributed by atoms with Gasteiger partial charge in [0.1, 0.15) is 5.82 Å². The van der Waals surface area contributed by atoms with E-state index in [1.165, 1.54) is 6.07 Å². The van der Waals surface area contributed by atoms with Gasteiger partial charge in [0.05, 0.1) is 5.92 Å². The van der Waals surface area contributed by atoms with E-state index in [0.717, 1.165) is 25.1 Å². The molecule has 1 aliphatic heterocycles. The van der Waals surface area contributed by atoms with Crippen LogP contribution in [0.25, 0.3) is 0 Å². The number of anilines is 1. The van der Waals surface area contributed by atoms with Crippen LogP contribution in [0, 0.1) is 11.7 Å². The lowest BCUT2D eigenvalue weighted by atomic mass is 9.95. The molecule has 1 unspecified atom stereocenters. The predicted octanol–water partition coefficient (Wildman–Crippen LogP) is 1.81. The number of nitrogens with one attached hydrogen (secondary N) is 1. The molecule has 20 heavy (non-hydrogen) atoms. The summed E-state index contributed by atoms with van der Waals surface area (Å²) in [5.41, 5.74) is 7.24. The summed E-state index contributed by atoms with van der Waals surface area (Å²) >= 11 is 0. The van der Waals surface area contributed by atoms with Gasteiger partial charge in [-0.05, 0) is 31.9 Å². The van der Waals surface area contributed by atoms with E-state index >= 15 is 0 Å². The Labute approximate surface area is 119 Å². The Morgan fingerprint density at radius 2 is 2.30 bits per heavy atom. The predicted molar refractivity (Wildman–Crippen MR) is 78.0 cm³/mol. The number of hydrogen-bond acceptors (Lipinski definition) is 3. The molecule has 1 aromatic carbocycles. The van der Waals surface area contributed by atoms with Gasteiger partial charge in [0.15, 0.2) is 0 Å². The van der Waals surface area contributed by atoms with E-state index in [0.29, 0.717) is 12.1 Å². The first-order valence-electron chi connectivity index (χ1n) is 7.05. The van der Waals surface area contributed by atoms with Gasteiger partial charge in [-0.2, -0.15) is 0 Å². The van der Waals surface area contributed by atoms with Gasteiger partial charge in [-0.3, -0.25) is 4.79 Å². The molecule has 1 saturated heterocycles. The fraction of sp³-hybridized carbons (Fsp3) is 0.533. The highest BCUT2D eigenvalue weighted by molar-refractivity contribution is 5.79. The number of amides is 1. The molecule has 5 heteroatoms. The van der Waals surface area contributed by atoms with Crippen molar-refractivity contribution in [2.75, 3.05) is 25.0 Å². The van der Waals surface area contributed by atoms with Gasteiger partial charge in [0.25, 0.3) is 0 Å². The van der Waals surface area contributed by atoms with E-state index < -0.39 is 0 Å². The second kappa shape index (κ2) is 6.22. The number of benzene rings is 1. The highest BCUT2D eigenvalue weighted by Crippen LogP contribution is 2.31. The Balaban J connectivity index is 2.27. The van der Waals surface area contributed by atoms with Crippen molar-refractivity contribution in [3.63, 3.8) is 0 Å². The maximum absolute atomic E-state index is 14.0. The smallest absolute Gasteiger partial charge is 0.224 e. The van der Waals surface area contributed by atoms with Gasteiger partial charge in [0.2, 0.25) is 5.91 Å². The van der Waals surface area contributed by atoms with Crippen LogP contribution in [0.1, 0.15) is 31.4 Å². The highest BCUT2D eigenvalue weighted by Gasteiger charge is 2.27. The molecule has 1 fully saturated rings. The SMILES string of the molecule is CNC(=O)C1CCCN(c2cccc(F)c2[C@H](C)N)C1. The number of nitrogens with zero attached hydrogens (tertiary/aromatic N) is 1. The van der Waals surface area contributed by atoms with Crippen LogP contribution < -0.4 is 16.0 Å². The molecule has 0 aromatic heterocycles. The van der Waals surface area contributed by atoms with Crippen molar-refractivity contribution in [1.82, 2.24) is 5.32 Å². The van der Waals surface area contributed by atoms with Crippen LogP contribution in [0.15, 0.2) is 18.2 Å². The minimum atomic E-state index is -0.369. The molecule has 2 rings (SSSR count). The van der Waals surface area contributed by atoms with Gasteiger partial charge >= 0.3 is 0 Å². The molecule has 110 valence electrons. The molecule has 0 saturated carbocycles. The summed E-state index contributed by atoms with van der Waals surface area (Å²) in [4.78, 5) is 13.9. The molecule has 0 spiro atoms. The molecule has 0 radical (unpaired) electrons. The molecular formula is C15H22FN3O. The van der Waals surface area contributed by atoms with Crippen molar-refractivity contribution in [3.8, 4) is 0 Å². The number of nitrogens with two attached hydrogens (primary N) is 1. The highest BCUT2D eigenvalue weighted by atomic mass is 19.1. The quantitative estimate of drug-likeness (QED) is 0.887. The third-order valence-electron chi connectivity index (χ3n) is 3.86. The Bertz CT molecular complexity index is 490. The standard InChI is InChI=1S/C15H22FN3O/c1-10(17)14-12(16)6-3-7-13(14)19-8-4-5-11(9-19)15(20)18-2/h3,6-7,10-11H,4-5,8-9,17H2,1-2H3,(H,18,20)/t10-,11?/m0/s1. The first-order valence-corrected chi connectivity index (χ1v) is 7.05. The van der Waals surface area contributed by atoms with Crippen molar-refractivity contribution >= 4 is 11.6 Å². The zero-order valence-electron chi connectivity index (χ0n) is 12.0. The van der Waals surface area contributed by atoms with Crippen LogP contribution in [0.2, 0.25) is 0 Å². The molecule has 0 bridgehead atoms. The molecule has 1 amide bonds. The minimum absolute atomic E-state index is 0.0436. The number of halogens is 1. The van der Waals surface area contributed by atoms with Crippen molar-refractivity contribution in [3.05, 3.63) is 29.6 Å². The van der Waals surface area contributed by atoms with Crippen LogP contribution >= 0.6 is 0 Å². The van der Waals surface area contributed by atoms with E-state index in [-0.39, 0.29) is 23.7 Å². The summed E-state index contributed by atoms with van der Waals surface area (Å²) in [5.74, 6) is -0.272. The van der Waals surface area contributed by atoms with E-state index in [4.69, 9.17) is 5.73 Å². The summed E-state index contributed by atoms with van der Waals surface area (Å²) in [6.45, 7) is 3.22. The summed E-state index contributed by atoms with van der Waals surface area (Å²) in [7, 11) is 1.65. The monoisotopic (exact) mass is 279 g/mol. The minimum Gasteiger partial charge on any atom is -0.370 e. The lowest BCUT2D eigenvalue weighted by molar-refractivity contribution is -0.124. The lowest BCUT2D eigenvalue weighted by Gasteiger charge is -2.35. The number of hydrogen-bond donors (Lipinski definition) is 2. The maximum atomic E-state index is 14.0. The second-order valence-corrected chi connectivity index (χ2v) is 5.36. The van der Waals surface area contributed by atoms with Crippen molar-refractivity contribution < 1.29 is 9.18 Å². The molecule has 0 aliphatic carbocycles. The van der Waals surface area contributed by atoms with Crippen molar-refractivity contribution in [2.24, 2.45) is 11.7 Å². The molecular weight excluding hydrogens is 257 g/mol. The summed E-state index contributed by atoms with van der Waals surface area (Å²) in [6.07, 6.45) is 1.80. The van der Waals surface area contributed by atoms with E-state index in [1.54, 1.807) is 20.0 Å². The number of piperidine rings is 1. The normalized spacial score (nSPS) is 20.6. The summed E-state index contributed by atoms with van der Waals surface area (Å²) in [5, 5.41) is 2.69. The molecule has 1 heterocycles. The average molecular weight is 279 g/mol. The fourth-order valence-electron chi connectivity index (χ4n) is 2.87. The third kappa shape index (κ3) is 2.93. The lowest BCUT2D eigenvalue weighted by Crippen LogP contribution is -2.42. The maximum Gasteiger partial charge on any atom is 0.224 e. The fourth-order valence-corrected chi connectivity index (χ4v) is 2.87. The van der Waals surface area contributed by atoms with Gasteiger partial charge in [-0.1, -0.05) is 6.07 Å². The zero-order valence-corrected chi connectivity index (χ0v) is 12.0.